The largest absolute Gasteiger partial charge is 0.164 e. The fourth-order valence-corrected chi connectivity index (χ4v) is 3.49. The van der Waals surface area contributed by atoms with E-state index in [0.29, 0.717) is 5.15 Å². The second-order valence-electron chi connectivity index (χ2n) is 3.47. The summed E-state index contributed by atoms with van der Waals surface area (Å²) in [6.07, 6.45) is 4.80. The van der Waals surface area contributed by atoms with E-state index < -0.39 is 0 Å². The number of fused-ring (bicyclic) bond motifs is 3. The zero-order valence-electron chi connectivity index (χ0n) is 7.46. The Labute approximate surface area is 90.1 Å². The molecule has 3 nitrogen and oxygen atoms in total. The van der Waals surface area contributed by atoms with Crippen molar-refractivity contribution in [2.24, 2.45) is 0 Å². The van der Waals surface area contributed by atoms with Gasteiger partial charge in [0.15, 0.2) is 9.98 Å². The predicted octanol–water partition coefficient (Wildman–Crippen LogP) is 2.62. The van der Waals surface area contributed by atoms with Crippen molar-refractivity contribution >= 4 is 33.2 Å². The first-order valence-electron chi connectivity index (χ1n) is 4.65. The molecule has 0 saturated heterocycles. The Morgan fingerprint density at radius 2 is 2.00 bits per heavy atom. The minimum Gasteiger partial charge on any atom is -0.119 e. The molecule has 0 unspecified atom stereocenters. The number of nitrogens with zero attached hydrogens (tertiary/aromatic N) is 3. The highest BCUT2D eigenvalue weighted by Gasteiger charge is 2.19. The standard InChI is InChI=1S/C9H8ClN3S/c10-8-7-5-3-1-2-4-6(5)14-9(7)12-13-11-8/h1-4H2. The van der Waals surface area contributed by atoms with Gasteiger partial charge in [0.2, 0.25) is 0 Å². The van der Waals surface area contributed by atoms with Crippen LogP contribution in [0.4, 0.5) is 0 Å². The van der Waals surface area contributed by atoms with Crippen LogP contribution in [0.5, 0.6) is 0 Å². The van der Waals surface area contributed by atoms with Gasteiger partial charge in [0.05, 0.1) is 5.39 Å². The van der Waals surface area contributed by atoms with Crippen molar-refractivity contribution in [3.8, 4) is 0 Å². The minimum absolute atomic E-state index is 0.509. The van der Waals surface area contributed by atoms with Gasteiger partial charge in [0, 0.05) is 4.88 Å². The smallest absolute Gasteiger partial charge is 0.119 e. The van der Waals surface area contributed by atoms with Crippen LogP contribution in [0.3, 0.4) is 0 Å². The highest BCUT2D eigenvalue weighted by Crippen LogP contribution is 2.37. The maximum Gasteiger partial charge on any atom is 0.164 e. The van der Waals surface area contributed by atoms with E-state index in [1.54, 1.807) is 11.3 Å². The summed E-state index contributed by atoms with van der Waals surface area (Å²) in [5.41, 5.74) is 1.36. The first-order valence-corrected chi connectivity index (χ1v) is 5.85. The lowest BCUT2D eigenvalue weighted by atomic mass is 9.97. The number of aromatic nitrogens is 3. The first kappa shape index (κ1) is 8.56. The molecule has 3 rings (SSSR count). The summed E-state index contributed by atoms with van der Waals surface area (Å²) in [5.74, 6) is 0. The molecule has 2 aromatic heterocycles. The van der Waals surface area contributed by atoms with Crippen molar-refractivity contribution < 1.29 is 0 Å². The van der Waals surface area contributed by atoms with E-state index in [0.717, 1.165) is 23.1 Å². The van der Waals surface area contributed by atoms with Crippen LogP contribution in [0.15, 0.2) is 0 Å². The van der Waals surface area contributed by atoms with Crippen LogP contribution in [-0.2, 0) is 12.8 Å². The number of rotatable bonds is 0. The van der Waals surface area contributed by atoms with Gasteiger partial charge in [-0.2, -0.15) is 0 Å². The van der Waals surface area contributed by atoms with E-state index in [-0.39, 0.29) is 0 Å². The van der Waals surface area contributed by atoms with Crippen LogP contribution >= 0.6 is 22.9 Å². The van der Waals surface area contributed by atoms with Gasteiger partial charge < -0.3 is 0 Å². The van der Waals surface area contributed by atoms with E-state index >= 15 is 0 Å². The molecule has 1 aliphatic carbocycles. The molecule has 72 valence electrons. The summed E-state index contributed by atoms with van der Waals surface area (Å²) in [6, 6.07) is 0. The Balaban J connectivity index is 2.38. The molecule has 0 aromatic carbocycles. The molecular weight excluding hydrogens is 218 g/mol. The third-order valence-electron chi connectivity index (χ3n) is 2.63. The van der Waals surface area contributed by atoms with Gasteiger partial charge in [-0.25, -0.2) is 0 Å². The van der Waals surface area contributed by atoms with Crippen molar-refractivity contribution in [1.29, 1.82) is 0 Å². The number of aryl methyl sites for hydroxylation is 2. The average molecular weight is 226 g/mol. The van der Waals surface area contributed by atoms with Gasteiger partial charge in [-0.05, 0) is 36.5 Å². The minimum atomic E-state index is 0.509. The summed E-state index contributed by atoms with van der Waals surface area (Å²) in [6.45, 7) is 0. The Bertz CT molecular complexity index is 494. The Kier molecular flexibility index (Phi) is 1.92. The van der Waals surface area contributed by atoms with Crippen LogP contribution in [0, 0.1) is 0 Å². The second-order valence-corrected chi connectivity index (χ2v) is 4.91. The van der Waals surface area contributed by atoms with E-state index in [9.17, 15) is 0 Å². The fourth-order valence-electron chi connectivity index (χ4n) is 1.99. The molecule has 0 aliphatic heterocycles. The zero-order valence-corrected chi connectivity index (χ0v) is 9.03. The Morgan fingerprint density at radius 3 is 2.93 bits per heavy atom. The van der Waals surface area contributed by atoms with E-state index in [2.05, 4.69) is 15.4 Å². The van der Waals surface area contributed by atoms with E-state index in [1.807, 2.05) is 0 Å². The van der Waals surface area contributed by atoms with Crippen LogP contribution in [-0.4, -0.2) is 15.4 Å². The molecule has 1 aliphatic rings. The molecule has 2 aromatic rings. The molecule has 0 saturated carbocycles. The van der Waals surface area contributed by atoms with Gasteiger partial charge in [-0.1, -0.05) is 11.6 Å². The van der Waals surface area contributed by atoms with Crippen molar-refractivity contribution in [2.75, 3.05) is 0 Å². The molecule has 2 heterocycles. The van der Waals surface area contributed by atoms with Crippen LogP contribution < -0.4 is 0 Å². The van der Waals surface area contributed by atoms with E-state index in [4.69, 9.17) is 11.6 Å². The summed E-state index contributed by atoms with van der Waals surface area (Å²) in [4.78, 5) is 2.37. The molecule has 0 bridgehead atoms. The fraction of sp³-hybridized carbons (Fsp3) is 0.444. The normalized spacial score (nSPS) is 15.8. The van der Waals surface area contributed by atoms with Gasteiger partial charge in [0.1, 0.15) is 0 Å². The lowest BCUT2D eigenvalue weighted by Crippen LogP contribution is -1.98. The Hall–Kier alpha value is -0.740. The lowest BCUT2D eigenvalue weighted by Gasteiger charge is -2.09. The molecule has 14 heavy (non-hydrogen) atoms. The van der Waals surface area contributed by atoms with Crippen LogP contribution in [0.1, 0.15) is 23.3 Å². The van der Waals surface area contributed by atoms with Crippen LogP contribution in [0.2, 0.25) is 5.15 Å². The van der Waals surface area contributed by atoms with Gasteiger partial charge in [-0.15, -0.1) is 21.5 Å². The SMILES string of the molecule is Clc1nnnc2sc3c(c12)CCCC3. The van der Waals surface area contributed by atoms with Gasteiger partial charge >= 0.3 is 0 Å². The van der Waals surface area contributed by atoms with Crippen molar-refractivity contribution in [1.82, 2.24) is 15.4 Å². The summed E-state index contributed by atoms with van der Waals surface area (Å²) < 4.78 is 0. The van der Waals surface area contributed by atoms with Crippen LogP contribution in [0.25, 0.3) is 10.2 Å². The topological polar surface area (TPSA) is 38.7 Å². The Morgan fingerprint density at radius 1 is 1.14 bits per heavy atom. The predicted molar refractivity (Wildman–Crippen MR) is 56.9 cm³/mol. The van der Waals surface area contributed by atoms with Crippen molar-refractivity contribution in [2.45, 2.75) is 25.7 Å². The van der Waals surface area contributed by atoms with Crippen molar-refractivity contribution in [3.05, 3.63) is 15.6 Å². The zero-order chi connectivity index (χ0) is 9.54. The second kappa shape index (κ2) is 3.14. The quantitative estimate of drug-likeness (QED) is 0.692. The maximum atomic E-state index is 6.03. The molecule has 0 amide bonds. The summed E-state index contributed by atoms with van der Waals surface area (Å²) in [5, 5.41) is 13.0. The summed E-state index contributed by atoms with van der Waals surface area (Å²) >= 11 is 7.74. The number of hydrogen-bond donors (Lipinski definition) is 0. The highest BCUT2D eigenvalue weighted by molar-refractivity contribution is 7.18. The highest BCUT2D eigenvalue weighted by atomic mass is 35.5. The molecule has 0 N–H and O–H groups in total. The molecule has 0 spiro atoms. The summed E-state index contributed by atoms with van der Waals surface area (Å²) in [7, 11) is 0. The van der Waals surface area contributed by atoms with E-state index in [1.165, 1.54) is 23.3 Å². The average Bonchev–Trinajstić information content (AvgIpc) is 2.57. The third-order valence-corrected chi connectivity index (χ3v) is 4.07. The molecule has 0 fully saturated rings. The number of halogens is 1. The molecule has 0 atom stereocenters. The number of thiophene rings is 1. The third kappa shape index (κ3) is 1.14. The van der Waals surface area contributed by atoms with Crippen molar-refractivity contribution in [3.63, 3.8) is 0 Å². The lowest BCUT2D eigenvalue weighted by molar-refractivity contribution is 0.700. The monoisotopic (exact) mass is 225 g/mol. The molecular formula is C9H8ClN3S. The first-order chi connectivity index (χ1) is 6.86. The maximum absolute atomic E-state index is 6.03. The van der Waals surface area contributed by atoms with Gasteiger partial charge in [-0.3, -0.25) is 0 Å². The van der Waals surface area contributed by atoms with Gasteiger partial charge in [0.25, 0.3) is 0 Å². The molecule has 5 heteroatoms. The molecule has 0 radical (unpaired) electrons. The number of hydrogen-bond acceptors (Lipinski definition) is 4.